The molecule has 0 bridgehead atoms. The number of hydrogen-bond donors (Lipinski definition) is 0. The van der Waals surface area contributed by atoms with Gasteiger partial charge in [0.1, 0.15) is 0 Å². The van der Waals surface area contributed by atoms with Crippen LogP contribution in [0.1, 0.15) is 11.1 Å². The first-order valence-electron chi connectivity index (χ1n) is 5.28. The van der Waals surface area contributed by atoms with Crippen molar-refractivity contribution < 1.29 is 0 Å². The van der Waals surface area contributed by atoms with Crippen molar-refractivity contribution in [2.45, 2.75) is 0 Å². The summed E-state index contributed by atoms with van der Waals surface area (Å²) in [6.45, 7) is 7.84. The minimum Gasteiger partial charge on any atom is -0.0984 e. The summed E-state index contributed by atoms with van der Waals surface area (Å²) in [5, 5.41) is 2.19. The molecule has 0 spiro atoms. The minimum atomic E-state index is 1.04. The highest BCUT2D eigenvalue weighted by Crippen LogP contribution is 2.09. The van der Waals surface area contributed by atoms with Crippen molar-refractivity contribution in [3.63, 3.8) is 0 Å². The molecular formula is C16H14. The molecule has 0 radical (unpaired) electrons. The molecular weight excluding hydrogens is 192 g/mol. The van der Waals surface area contributed by atoms with Gasteiger partial charge in [-0.15, -0.1) is 0 Å². The number of rotatable bonds is 2. The molecule has 0 aliphatic heterocycles. The zero-order valence-electron chi connectivity index (χ0n) is 9.19. The summed E-state index contributed by atoms with van der Waals surface area (Å²) < 4.78 is 0. The Balaban J connectivity index is 2.64. The molecule has 0 aliphatic rings. The highest BCUT2D eigenvalue weighted by Gasteiger charge is 1.93. The van der Waals surface area contributed by atoms with Crippen molar-refractivity contribution in [2.24, 2.45) is 0 Å². The molecule has 0 amide bonds. The lowest BCUT2D eigenvalue weighted by molar-refractivity contribution is 1.51. The summed E-state index contributed by atoms with van der Waals surface area (Å²) in [5.74, 6) is 0. The van der Waals surface area contributed by atoms with Crippen molar-refractivity contribution in [3.05, 3.63) is 76.7 Å². The highest BCUT2D eigenvalue weighted by molar-refractivity contribution is 5.64. The molecule has 0 aliphatic carbocycles. The van der Waals surface area contributed by atoms with Gasteiger partial charge < -0.3 is 0 Å². The summed E-state index contributed by atoms with van der Waals surface area (Å²) in [7, 11) is 0. The van der Waals surface area contributed by atoms with Crippen LogP contribution < -0.4 is 10.4 Å². The zero-order chi connectivity index (χ0) is 11.4. The minimum absolute atomic E-state index is 1.04. The number of hydrogen-bond acceptors (Lipinski definition) is 0. The smallest absolute Gasteiger partial charge is 0.0178 e. The van der Waals surface area contributed by atoms with Crippen molar-refractivity contribution in [1.29, 1.82) is 0 Å². The van der Waals surface area contributed by atoms with E-state index in [9.17, 15) is 0 Å². The molecule has 2 aromatic carbocycles. The average molecular weight is 206 g/mol. The summed E-state index contributed by atoms with van der Waals surface area (Å²) in [6, 6.07) is 16.3. The lowest BCUT2D eigenvalue weighted by Gasteiger charge is -1.99. The second-order valence-electron chi connectivity index (χ2n) is 3.68. The molecule has 0 atom stereocenters. The molecule has 0 nitrogen and oxygen atoms in total. The Bertz CT molecular complexity index is 606. The Morgan fingerprint density at radius 3 is 2.12 bits per heavy atom. The van der Waals surface area contributed by atoms with Gasteiger partial charge in [-0.25, -0.2) is 0 Å². The van der Waals surface area contributed by atoms with Crippen LogP contribution in [0.5, 0.6) is 0 Å². The fourth-order valence-electron chi connectivity index (χ4n) is 1.67. The maximum Gasteiger partial charge on any atom is -0.0178 e. The lowest BCUT2D eigenvalue weighted by Crippen LogP contribution is -2.21. The van der Waals surface area contributed by atoms with Gasteiger partial charge in [-0.3, -0.25) is 0 Å². The first kappa shape index (κ1) is 10.4. The lowest BCUT2D eigenvalue weighted by atomic mass is 10.1. The van der Waals surface area contributed by atoms with Crippen LogP contribution in [-0.2, 0) is 0 Å². The molecule has 0 heteroatoms. The second-order valence-corrected chi connectivity index (χ2v) is 3.68. The third-order valence-electron chi connectivity index (χ3n) is 2.58. The fourth-order valence-corrected chi connectivity index (χ4v) is 1.67. The Morgan fingerprint density at radius 1 is 0.812 bits per heavy atom. The first-order chi connectivity index (χ1) is 7.81. The van der Waals surface area contributed by atoms with E-state index in [1.54, 1.807) is 0 Å². The van der Waals surface area contributed by atoms with Gasteiger partial charge in [-0.2, -0.15) is 0 Å². The Morgan fingerprint density at radius 2 is 1.44 bits per heavy atom. The van der Waals surface area contributed by atoms with Gasteiger partial charge in [-0.1, -0.05) is 67.8 Å². The monoisotopic (exact) mass is 206 g/mol. The van der Waals surface area contributed by atoms with E-state index in [0.717, 1.165) is 16.0 Å². The molecule has 0 heterocycles. The summed E-state index contributed by atoms with van der Waals surface area (Å²) in [5.41, 5.74) is 2.32. The first-order valence-corrected chi connectivity index (χ1v) is 5.28. The molecule has 2 aromatic rings. The summed E-state index contributed by atoms with van der Waals surface area (Å²) in [4.78, 5) is 0. The van der Waals surface area contributed by atoms with Gasteiger partial charge in [0.05, 0.1) is 0 Å². The van der Waals surface area contributed by atoms with Crippen LogP contribution in [0, 0.1) is 0 Å². The van der Waals surface area contributed by atoms with Gasteiger partial charge in [0.15, 0.2) is 0 Å². The van der Waals surface area contributed by atoms with Gasteiger partial charge in [-0.05, 0) is 27.6 Å². The van der Waals surface area contributed by atoms with E-state index in [2.05, 4.69) is 37.4 Å². The van der Waals surface area contributed by atoms with Crippen molar-refractivity contribution in [2.75, 3.05) is 0 Å². The van der Waals surface area contributed by atoms with Crippen molar-refractivity contribution in [3.8, 4) is 0 Å². The van der Waals surface area contributed by atoms with E-state index >= 15 is 0 Å². The molecule has 0 saturated heterocycles. The Hall–Kier alpha value is -2.08. The molecule has 2 rings (SSSR count). The summed E-state index contributed by atoms with van der Waals surface area (Å²) in [6.07, 6.45) is 4.01. The van der Waals surface area contributed by atoms with Gasteiger partial charge in [0.2, 0.25) is 0 Å². The molecule has 16 heavy (non-hydrogen) atoms. The maximum atomic E-state index is 4.02. The Labute approximate surface area is 95.9 Å². The maximum absolute atomic E-state index is 4.02. The SMILES string of the molecule is C=Cc1ccccc1/C=c1/ccccc1=C. The van der Waals surface area contributed by atoms with Crippen LogP contribution in [0.3, 0.4) is 0 Å². The van der Waals surface area contributed by atoms with Crippen LogP contribution in [0.15, 0.2) is 55.1 Å². The second kappa shape index (κ2) is 4.63. The third kappa shape index (κ3) is 2.12. The van der Waals surface area contributed by atoms with Crippen LogP contribution >= 0.6 is 0 Å². The zero-order valence-corrected chi connectivity index (χ0v) is 9.19. The van der Waals surface area contributed by atoms with Crippen LogP contribution in [0.25, 0.3) is 18.7 Å². The van der Waals surface area contributed by atoms with E-state index in [0.29, 0.717) is 0 Å². The van der Waals surface area contributed by atoms with E-state index in [1.165, 1.54) is 5.56 Å². The van der Waals surface area contributed by atoms with Crippen molar-refractivity contribution >= 4 is 18.7 Å². The third-order valence-corrected chi connectivity index (χ3v) is 2.58. The largest absolute Gasteiger partial charge is 0.0984 e. The molecule has 78 valence electrons. The topological polar surface area (TPSA) is 0 Å². The van der Waals surface area contributed by atoms with E-state index < -0.39 is 0 Å². The standard InChI is InChI=1S/C16H14/c1-3-14-9-6-7-11-16(14)12-15-10-5-4-8-13(15)2/h3-12H,1-2H2/b15-12-. The molecule has 0 saturated carbocycles. The van der Waals surface area contributed by atoms with E-state index in [1.807, 2.05) is 36.4 Å². The van der Waals surface area contributed by atoms with Crippen LogP contribution in [0.4, 0.5) is 0 Å². The predicted molar refractivity (Wildman–Crippen MR) is 71.3 cm³/mol. The van der Waals surface area contributed by atoms with Gasteiger partial charge in [0.25, 0.3) is 0 Å². The van der Waals surface area contributed by atoms with E-state index in [-0.39, 0.29) is 0 Å². The van der Waals surface area contributed by atoms with Crippen LogP contribution in [0.2, 0.25) is 0 Å². The molecule has 0 unspecified atom stereocenters. The molecule has 0 aromatic heterocycles. The normalized spacial score (nSPS) is 11.4. The average Bonchev–Trinajstić information content (AvgIpc) is 2.33. The van der Waals surface area contributed by atoms with Crippen LogP contribution in [-0.4, -0.2) is 0 Å². The quantitative estimate of drug-likeness (QED) is 0.708. The predicted octanol–water partition coefficient (Wildman–Crippen LogP) is 2.57. The van der Waals surface area contributed by atoms with Gasteiger partial charge >= 0.3 is 0 Å². The van der Waals surface area contributed by atoms with E-state index in [4.69, 9.17) is 0 Å². The highest BCUT2D eigenvalue weighted by atomic mass is 14.0. The molecule has 0 N–H and O–H groups in total. The van der Waals surface area contributed by atoms with Gasteiger partial charge in [0, 0.05) is 0 Å². The number of benzene rings is 2. The van der Waals surface area contributed by atoms with Crippen molar-refractivity contribution in [1.82, 2.24) is 0 Å². The Kier molecular flexibility index (Phi) is 3.02. The summed E-state index contributed by atoms with van der Waals surface area (Å²) >= 11 is 0. The molecule has 0 fully saturated rings. The fraction of sp³-hybridized carbons (Fsp3) is 0.